The van der Waals surface area contributed by atoms with Gasteiger partial charge in [-0.25, -0.2) is 4.98 Å². The van der Waals surface area contributed by atoms with Gasteiger partial charge in [0.25, 0.3) is 0 Å². The van der Waals surface area contributed by atoms with E-state index in [2.05, 4.69) is 29.0 Å². The molecule has 20 heavy (non-hydrogen) atoms. The van der Waals surface area contributed by atoms with Crippen LogP contribution in [0.2, 0.25) is 0 Å². The van der Waals surface area contributed by atoms with E-state index >= 15 is 0 Å². The molecule has 1 heterocycles. The summed E-state index contributed by atoms with van der Waals surface area (Å²) in [6.07, 6.45) is 0.989. The topological polar surface area (TPSA) is 35.0 Å². The lowest BCUT2D eigenvalue weighted by Crippen LogP contribution is -1.96. The summed E-state index contributed by atoms with van der Waals surface area (Å²) in [6.45, 7) is 2.14. The van der Waals surface area contributed by atoms with Crippen LogP contribution >= 0.6 is 0 Å². The molecule has 0 amide bonds. The van der Waals surface area contributed by atoms with E-state index in [9.17, 15) is 0 Å². The van der Waals surface area contributed by atoms with Gasteiger partial charge in [-0.05, 0) is 24.1 Å². The van der Waals surface area contributed by atoms with Crippen molar-refractivity contribution >= 4 is 10.9 Å². The fourth-order valence-electron chi connectivity index (χ4n) is 2.24. The fraction of sp³-hybridized carbons (Fsp3) is 0.176. The minimum atomic E-state index is 0.622. The van der Waals surface area contributed by atoms with E-state index < -0.39 is 0 Å². The monoisotopic (exact) mass is 264 g/mol. The number of ether oxygens (including phenoxy) is 1. The second-order valence-corrected chi connectivity index (χ2v) is 4.63. The van der Waals surface area contributed by atoms with Crippen molar-refractivity contribution < 1.29 is 4.74 Å². The molecule has 0 aliphatic heterocycles. The Kier molecular flexibility index (Phi) is 3.33. The molecular formula is C17H16N2O. The number of fused-ring (bicyclic) bond motifs is 1. The van der Waals surface area contributed by atoms with Gasteiger partial charge >= 0.3 is 0 Å². The molecule has 0 saturated heterocycles. The number of methoxy groups -OCH3 is 1. The third-order valence-corrected chi connectivity index (χ3v) is 3.36. The number of hydrogen-bond donors (Lipinski definition) is 0. The predicted octanol–water partition coefficient (Wildman–Crippen LogP) is 3.87. The van der Waals surface area contributed by atoms with Crippen molar-refractivity contribution in [2.75, 3.05) is 7.11 Å². The molecule has 3 aromatic rings. The van der Waals surface area contributed by atoms with Crippen LogP contribution in [-0.2, 0) is 6.42 Å². The molecule has 0 bridgehead atoms. The Bertz CT molecular complexity index is 739. The Labute approximate surface area is 118 Å². The molecule has 3 nitrogen and oxygen atoms in total. The highest BCUT2D eigenvalue weighted by Crippen LogP contribution is 2.27. The van der Waals surface area contributed by atoms with Gasteiger partial charge < -0.3 is 4.74 Å². The first kappa shape index (κ1) is 12.6. The number of rotatable bonds is 3. The van der Waals surface area contributed by atoms with Gasteiger partial charge in [0.15, 0.2) is 5.82 Å². The minimum absolute atomic E-state index is 0.622. The van der Waals surface area contributed by atoms with E-state index in [1.165, 1.54) is 5.56 Å². The van der Waals surface area contributed by atoms with E-state index in [0.29, 0.717) is 11.7 Å². The van der Waals surface area contributed by atoms with Gasteiger partial charge in [0.1, 0.15) is 0 Å². The van der Waals surface area contributed by atoms with Crippen molar-refractivity contribution in [2.24, 2.45) is 0 Å². The lowest BCUT2D eigenvalue weighted by atomic mass is 10.1. The van der Waals surface area contributed by atoms with E-state index in [1.54, 1.807) is 7.11 Å². The van der Waals surface area contributed by atoms with Crippen molar-refractivity contribution in [3.63, 3.8) is 0 Å². The molecule has 0 aliphatic carbocycles. The van der Waals surface area contributed by atoms with E-state index in [-0.39, 0.29) is 0 Å². The zero-order valence-corrected chi connectivity index (χ0v) is 11.6. The quantitative estimate of drug-likeness (QED) is 0.720. The first-order valence-electron chi connectivity index (χ1n) is 6.72. The van der Waals surface area contributed by atoms with Crippen LogP contribution in [0, 0.1) is 0 Å². The number of nitrogens with zero attached hydrogens (tertiary/aromatic N) is 2. The van der Waals surface area contributed by atoms with Crippen LogP contribution in [0.5, 0.6) is 5.88 Å². The molecule has 100 valence electrons. The maximum atomic E-state index is 5.41. The maximum Gasteiger partial charge on any atom is 0.224 e. The van der Waals surface area contributed by atoms with Gasteiger partial charge in [-0.3, -0.25) is 0 Å². The van der Waals surface area contributed by atoms with E-state index in [0.717, 1.165) is 22.9 Å². The molecular weight excluding hydrogens is 248 g/mol. The van der Waals surface area contributed by atoms with Gasteiger partial charge in [0, 0.05) is 5.56 Å². The zero-order chi connectivity index (χ0) is 13.9. The second-order valence-electron chi connectivity index (χ2n) is 4.63. The third kappa shape index (κ3) is 2.23. The summed E-state index contributed by atoms with van der Waals surface area (Å²) in [6, 6.07) is 16.2. The summed E-state index contributed by atoms with van der Waals surface area (Å²) in [5.74, 6) is 1.32. The average Bonchev–Trinajstić information content (AvgIpc) is 2.54. The van der Waals surface area contributed by atoms with Gasteiger partial charge in [0.05, 0.1) is 18.0 Å². The Morgan fingerprint density at radius 2 is 1.80 bits per heavy atom. The van der Waals surface area contributed by atoms with Gasteiger partial charge in [-0.1, -0.05) is 43.3 Å². The number of aryl methyl sites for hydroxylation is 1. The lowest BCUT2D eigenvalue weighted by molar-refractivity contribution is 0.403. The SMILES string of the molecule is CCc1ccc2c(OC)nc(-c3ccccc3)nc2c1. The third-order valence-electron chi connectivity index (χ3n) is 3.36. The standard InChI is InChI=1S/C17H16N2O/c1-3-12-9-10-14-15(11-12)18-16(19-17(14)20-2)13-7-5-4-6-8-13/h4-11H,3H2,1-2H3. The number of hydrogen-bond acceptors (Lipinski definition) is 3. The predicted molar refractivity (Wildman–Crippen MR) is 80.9 cm³/mol. The highest BCUT2D eigenvalue weighted by Gasteiger charge is 2.09. The van der Waals surface area contributed by atoms with Crippen molar-refractivity contribution in [3.05, 3.63) is 54.1 Å². The smallest absolute Gasteiger partial charge is 0.224 e. The molecule has 0 aliphatic rings. The Morgan fingerprint density at radius 1 is 1.00 bits per heavy atom. The summed E-state index contributed by atoms with van der Waals surface area (Å²) in [5.41, 5.74) is 3.18. The van der Waals surface area contributed by atoms with E-state index in [4.69, 9.17) is 4.74 Å². The Balaban J connectivity index is 2.24. The molecule has 0 unspecified atom stereocenters. The normalized spacial score (nSPS) is 10.7. The fourth-order valence-corrected chi connectivity index (χ4v) is 2.24. The molecule has 3 heteroatoms. The molecule has 0 radical (unpaired) electrons. The van der Waals surface area contributed by atoms with Gasteiger partial charge in [-0.15, -0.1) is 0 Å². The summed E-state index contributed by atoms with van der Waals surface area (Å²) in [7, 11) is 1.64. The highest BCUT2D eigenvalue weighted by atomic mass is 16.5. The average molecular weight is 264 g/mol. The highest BCUT2D eigenvalue weighted by molar-refractivity contribution is 5.85. The lowest BCUT2D eigenvalue weighted by Gasteiger charge is -2.08. The van der Waals surface area contributed by atoms with Crippen LogP contribution in [0.15, 0.2) is 48.5 Å². The van der Waals surface area contributed by atoms with E-state index in [1.807, 2.05) is 36.4 Å². The molecule has 0 spiro atoms. The summed E-state index contributed by atoms with van der Waals surface area (Å²) in [4.78, 5) is 9.18. The van der Waals surface area contributed by atoms with Crippen LogP contribution in [0.4, 0.5) is 0 Å². The largest absolute Gasteiger partial charge is 0.480 e. The van der Waals surface area contributed by atoms with Crippen LogP contribution in [0.1, 0.15) is 12.5 Å². The summed E-state index contributed by atoms with van der Waals surface area (Å²) < 4.78 is 5.41. The molecule has 1 aromatic heterocycles. The van der Waals surface area contributed by atoms with Gasteiger partial charge in [0.2, 0.25) is 5.88 Å². The number of aromatic nitrogens is 2. The number of benzene rings is 2. The molecule has 0 N–H and O–H groups in total. The van der Waals surface area contributed by atoms with Crippen molar-refractivity contribution in [1.82, 2.24) is 9.97 Å². The van der Waals surface area contributed by atoms with Crippen LogP contribution in [0.3, 0.4) is 0 Å². The molecule has 0 atom stereocenters. The Morgan fingerprint density at radius 3 is 2.50 bits per heavy atom. The van der Waals surface area contributed by atoms with Crippen LogP contribution < -0.4 is 4.74 Å². The Hall–Kier alpha value is -2.42. The van der Waals surface area contributed by atoms with Crippen molar-refractivity contribution in [2.45, 2.75) is 13.3 Å². The van der Waals surface area contributed by atoms with Gasteiger partial charge in [-0.2, -0.15) is 4.98 Å². The first-order valence-corrected chi connectivity index (χ1v) is 6.72. The second kappa shape index (κ2) is 5.29. The van der Waals surface area contributed by atoms with Crippen molar-refractivity contribution in [3.8, 4) is 17.3 Å². The first-order chi connectivity index (χ1) is 9.81. The van der Waals surface area contributed by atoms with Crippen LogP contribution in [-0.4, -0.2) is 17.1 Å². The molecule has 0 fully saturated rings. The minimum Gasteiger partial charge on any atom is -0.480 e. The molecule has 3 rings (SSSR count). The maximum absolute atomic E-state index is 5.41. The van der Waals surface area contributed by atoms with Crippen molar-refractivity contribution in [1.29, 1.82) is 0 Å². The molecule has 2 aromatic carbocycles. The zero-order valence-electron chi connectivity index (χ0n) is 11.6. The summed E-state index contributed by atoms with van der Waals surface area (Å²) in [5, 5.41) is 0.949. The molecule has 0 saturated carbocycles. The summed E-state index contributed by atoms with van der Waals surface area (Å²) >= 11 is 0. The van der Waals surface area contributed by atoms with Crippen LogP contribution in [0.25, 0.3) is 22.3 Å².